The lowest BCUT2D eigenvalue weighted by atomic mass is 10.2. The summed E-state index contributed by atoms with van der Waals surface area (Å²) in [6.07, 6.45) is 1.42. The molecule has 0 bridgehead atoms. The molecule has 0 saturated carbocycles. The van der Waals surface area contributed by atoms with Crippen LogP contribution in [-0.4, -0.2) is 14.8 Å². The Labute approximate surface area is 90.9 Å². The summed E-state index contributed by atoms with van der Waals surface area (Å²) in [7, 11) is 0. The largest absolute Gasteiger partial charge is 0.399 e. The van der Waals surface area contributed by atoms with Crippen molar-refractivity contribution in [1.29, 1.82) is 5.26 Å². The number of nitrogens with zero attached hydrogens (tertiary/aromatic N) is 4. The minimum Gasteiger partial charge on any atom is -0.399 e. The van der Waals surface area contributed by atoms with E-state index < -0.39 is 5.82 Å². The van der Waals surface area contributed by atoms with E-state index in [-0.39, 0.29) is 5.82 Å². The maximum atomic E-state index is 13.0. The molecule has 0 spiro atoms. The van der Waals surface area contributed by atoms with Gasteiger partial charge in [0, 0.05) is 5.69 Å². The summed E-state index contributed by atoms with van der Waals surface area (Å²) >= 11 is 0. The van der Waals surface area contributed by atoms with Crippen molar-refractivity contribution in [2.24, 2.45) is 0 Å². The Hall–Kier alpha value is -2.42. The van der Waals surface area contributed by atoms with Gasteiger partial charge in [-0.25, -0.2) is 14.1 Å². The van der Waals surface area contributed by atoms with Crippen molar-refractivity contribution in [3.8, 4) is 6.07 Å². The van der Waals surface area contributed by atoms with Crippen LogP contribution in [0.1, 0.15) is 11.4 Å². The highest BCUT2D eigenvalue weighted by Crippen LogP contribution is 2.11. The SMILES string of the molecule is N#Cc1ncn(Cc2cc(N)cc(F)c2)n1. The maximum absolute atomic E-state index is 13.0. The first-order chi connectivity index (χ1) is 7.67. The Morgan fingerprint density at radius 2 is 2.25 bits per heavy atom. The van der Waals surface area contributed by atoms with Crippen molar-refractivity contribution in [2.75, 3.05) is 5.73 Å². The number of hydrogen-bond donors (Lipinski definition) is 1. The van der Waals surface area contributed by atoms with Crippen molar-refractivity contribution < 1.29 is 4.39 Å². The fraction of sp³-hybridized carbons (Fsp3) is 0.100. The zero-order valence-electron chi connectivity index (χ0n) is 8.26. The van der Waals surface area contributed by atoms with Crippen molar-refractivity contribution in [2.45, 2.75) is 6.54 Å². The lowest BCUT2D eigenvalue weighted by Gasteiger charge is -2.02. The molecule has 80 valence electrons. The van der Waals surface area contributed by atoms with Crippen molar-refractivity contribution >= 4 is 5.69 Å². The van der Waals surface area contributed by atoms with E-state index in [9.17, 15) is 4.39 Å². The van der Waals surface area contributed by atoms with Gasteiger partial charge in [0.1, 0.15) is 18.2 Å². The number of nitrogens with two attached hydrogens (primary N) is 1. The summed E-state index contributed by atoms with van der Waals surface area (Å²) in [4.78, 5) is 3.74. The van der Waals surface area contributed by atoms with Gasteiger partial charge in [-0.2, -0.15) is 5.26 Å². The molecule has 0 aliphatic heterocycles. The molecule has 2 rings (SSSR count). The molecule has 1 aromatic carbocycles. The lowest BCUT2D eigenvalue weighted by molar-refractivity contribution is 0.619. The molecular weight excluding hydrogens is 209 g/mol. The average Bonchev–Trinajstić information content (AvgIpc) is 2.64. The van der Waals surface area contributed by atoms with Crippen LogP contribution in [0.25, 0.3) is 0 Å². The highest BCUT2D eigenvalue weighted by molar-refractivity contribution is 5.41. The molecule has 0 fully saturated rings. The Kier molecular flexibility index (Phi) is 2.52. The smallest absolute Gasteiger partial charge is 0.252 e. The number of aromatic nitrogens is 3. The van der Waals surface area contributed by atoms with Crippen molar-refractivity contribution in [3.63, 3.8) is 0 Å². The van der Waals surface area contributed by atoms with Gasteiger partial charge in [-0.05, 0) is 23.8 Å². The number of nitriles is 1. The molecule has 5 nitrogen and oxygen atoms in total. The van der Waals surface area contributed by atoms with E-state index in [2.05, 4.69) is 10.1 Å². The molecule has 6 heteroatoms. The van der Waals surface area contributed by atoms with Gasteiger partial charge >= 0.3 is 0 Å². The van der Waals surface area contributed by atoms with E-state index in [1.165, 1.54) is 23.1 Å². The first-order valence-electron chi connectivity index (χ1n) is 4.52. The lowest BCUT2D eigenvalue weighted by Crippen LogP contribution is -2.02. The summed E-state index contributed by atoms with van der Waals surface area (Å²) in [5, 5.41) is 12.4. The van der Waals surface area contributed by atoms with Gasteiger partial charge in [0.05, 0.1) is 6.54 Å². The Bertz CT molecular complexity index is 534. The van der Waals surface area contributed by atoms with Gasteiger partial charge in [0.25, 0.3) is 5.82 Å². The first-order valence-corrected chi connectivity index (χ1v) is 4.52. The Morgan fingerprint density at radius 3 is 2.88 bits per heavy atom. The number of anilines is 1. The van der Waals surface area contributed by atoms with Crippen LogP contribution in [-0.2, 0) is 6.54 Å². The zero-order valence-corrected chi connectivity index (χ0v) is 8.26. The van der Waals surface area contributed by atoms with E-state index in [1.54, 1.807) is 6.07 Å². The molecule has 1 heterocycles. The van der Waals surface area contributed by atoms with E-state index in [0.29, 0.717) is 17.8 Å². The fourth-order valence-electron chi connectivity index (χ4n) is 1.38. The van der Waals surface area contributed by atoms with Crippen molar-refractivity contribution in [1.82, 2.24) is 14.8 Å². The molecular formula is C10H8FN5. The van der Waals surface area contributed by atoms with Gasteiger partial charge in [-0.15, -0.1) is 5.10 Å². The van der Waals surface area contributed by atoms with Crippen LogP contribution in [0.15, 0.2) is 24.5 Å². The van der Waals surface area contributed by atoms with Crippen LogP contribution in [0.3, 0.4) is 0 Å². The van der Waals surface area contributed by atoms with Crippen LogP contribution in [0.2, 0.25) is 0 Å². The second-order valence-corrected chi connectivity index (χ2v) is 3.27. The monoisotopic (exact) mass is 217 g/mol. The van der Waals surface area contributed by atoms with Gasteiger partial charge < -0.3 is 5.73 Å². The van der Waals surface area contributed by atoms with Crippen LogP contribution in [0.5, 0.6) is 0 Å². The third-order valence-corrected chi connectivity index (χ3v) is 1.96. The van der Waals surface area contributed by atoms with Crippen LogP contribution in [0, 0.1) is 17.1 Å². The summed E-state index contributed by atoms with van der Waals surface area (Å²) in [6.45, 7) is 0.330. The van der Waals surface area contributed by atoms with Crippen molar-refractivity contribution in [3.05, 3.63) is 41.7 Å². The minimum atomic E-state index is -0.393. The average molecular weight is 217 g/mol. The summed E-state index contributed by atoms with van der Waals surface area (Å²) in [6, 6.07) is 6.07. The number of benzene rings is 1. The van der Waals surface area contributed by atoms with E-state index >= 15 is 0 Å². The molecule has 0 atom stereocenters. The van der Waals surface area contributed by atoms with Gasteiger partial charge in [0.2, 0.25) is 0 Å². The Balaban J connectivity index is 2.23. The van der Waals surface area contributed by atoms with Crippen LogP contribution in [0.4, 0.5) is 10.1 Å². The minimum absolute atomic E-state index is 0.0874. The molecule has 0 radical (unpaired) electrons. The quantitative estimate of drug-likeness (QED) is 0.758. The number of halogens is 1. The summed E-state index contributed by atoms with van der Waals surface area (Å²) in [5.41, 5.74) is 6.54. The third kappa shape index (κ3) is 2.15. The van der Waals surface area contributed by atoms with Gasteiger partial charge in [-0.1, -0.05) is 0 Å². The number of nitrogen functional groups attached to an aromatic ring is 1. The zero-order chi connectivity index (χ0) is 11.5. The second-order valence-electron chi connectivity index (χ2n) is 3.27. The second kappa shape index (κ2) is 3.98. The van der Waals surface area contributed by atoms with Gasteiger partial charge in [0.15, 0.2) is 0 Å². The Morgan fingerprint density at radius 1 is 1.44 bits per heavy atom. The molecule has 0 unspecified atom stereocenters. The fourth-order valence-corrected chi connectivity index (χ4v) is 1.38. The van der Waals surface area contributed by atoms with Crippen LogP contribution >= 0.6 is 0 Å². The molecule has 2 aromatic rings. The summed E-state index contributed by atoms with van der Waals surface area (Å²) in [5.74, 6) is -0.306. The number of rotatable bonds is 2. The molecule has 0 amide bonds. The predicted molar refractivity (Wildman–Crippen MR) is 54.7 cm³/mol. The standard InChI is InChI=1S/C10H8FN5/c11-8-1-7(2-9(13)3-8)5-16-6-14-10(4-12)15-16/h1-3,6H,5,13H2. The maximum Gasteiger partial charge on any atom is 0.252 e. The number of hydrogen-bond acceptors (Lipinski definition) is 4. The molecule has 0 aliphatic rings. The van der Waals surface area contributed by atoms with E-state index in [1.807, 2.05) is 6.07 Å². The summed E-state index contributed by atoms with van der Waals surface area (Å²) < 4.78 is 14.5. The van der Waals surface area contributed by atoms with Crippen LogP contribution < -0.4 is 5.73 Å². The molecule has 0 saturated heterocycles. The predicted octanol–water partition coefficient (Wildman–Crippen LogP) is 0.919. The molecule has 16 heavy (non-hydrogen) atoms. The molecule has 0 aliphatic carbocycles. The molecule has 1 aromatic heterocycles. The molecule has 2 N–H and O–H groups in total. The van der Waals surface area contributed by atoms with E-state index in [0.717, 1.165) is 0 Å². The third-order valence-electron chi connectivity index (χ3n) is 1.96. The normalized spacial score (nSPS) is 10.0. The topological polar surface area (TPSA) is 80.5 Å². The van der Waals surface area contributed by atoms with E-state index in [4.69, 9.17) is 11.0 Å². The highest BCUT2D eigenvalue weighted by Gasteiger charge is 2.02. The highest BCUT2D eigenvalue weighted by atomic mass is 19.1. The first kappa shape index (κ1) is 10.1. The van der Waals surface area contributed by atoms with Gasteiger partial charge in [-0.3, -0.25) is 0 Å².